The number of hydrogen-bond acceptors (Lipinski definition) is 2. The van der Waals surface area contributed by atoms with Crippen molar-refractivity contribution in [1.82, 2.24) is 0 Å². The SMILES string of the molecule is CC(C)c1ccc(C(Cl)(Cl)Cl)cc1N=C=O. The zero-order valence-corrected chi connectivity index (χ0v) is 11.1. The van der Waals surface area contributed by atoms with Crippen LogP contribution >= 0.6 is 34.8 Å². The molecular weight excluding hydrogens is 268 g/mol. The minimum absolute atomic E-state index is 0.233. The van der Waals surface area contributed by atoms with E-state index in [9.17, 15) is 4.79 Å². The van der Waals surface area contributed by atoms with Crippen molar-refractivity contribution in [2.45, 2.75) is 23.6 Å². The first-order valence-corrected chi connectivity index (χ1v) is 5.78. The third-order valence-electron chi connectivity index (χ3n) is 2.15. The fourth-order valence-electron chi connectivity index (χ4n) is 1.35. The summed E-state index contributed by atoms with van der Waals surface area (Å²) in [6.45, 7) is 3.99. The molecule has 16 heavy (non-hydrogen) atoms. The van der Waals surface area contributed by atoms with Crippen molar-refractivity contribution >= 4 is 46.6 Å². The van der Waals surface area contributed by atoms with Crippen LogP contribution in [0.15, 0.2) is 23.2 Å². The molecule has 0 aromatic heterocycles. The lowest BCUT2D eigenvalue weighted by Crippen LogP contribution is -2.00. The summed E-state index contributed by atoms with van der Waals surface area (Å²) in [6.07, 6.45) is 1.50. The number of carbonyl (C=O) groups excluding carboxylic acids is 1. The Morgan fingerprint density at radius 2 is 1.94 bits per heavy atom. The highest BCUT2D eigenvalue weighted by Gasteiger charge is 2.24. The summed E-state index contributed by atoms with van der Waals surface area (Å²) >= 11 is 17.3. The quantitative estimate of drug-likeness (QED) is 0.441. The van der Waals surface area contributed by atoms with Gasteiger partial charge in [0.15, 0.2) is 0 Å². The highest BCUT2D eigenvalue weighted by atomic mass is 35.6. The molecule has 0 saturated heterocycles. The number of aliphatic imine (C=N–C) groups is 1. The maximum Gasteiger partial charge on any atom is 0.240 e. The van der Waals surface area contributed by atoms with Crippen molar-refractivity contribution in [2.24, 2.45) is 4.99 Å². The Balaban J connectivity index is 3.34. The number of nitrogens with zero attached hydrogens (tertiary/aromatic N) is 1. The van der Waals surface area contributed by atoms with Gasteiger partial charge in [-0.25, -0.2) is 4.79 Å². The summed E-state index contributed by atoms with van der Waals surface area (Å²) in [6, 6.07) is 5.11. The lowest BCUT2D eigenvalue weighted by molar-refractivity contribution is 0.565. The average molecular weight is 279 g/mol. The first-order valence-electron chi connectivity index (χ1n) is 4.65. The van der Waals surface area contributed by atoms with E-state index in [-0.39, 0.29) is 5.92 Å². The van der Waals surface area contributed by atoms with E-state index in [4.69, 9.17) is 34.8 Å². The van der Waals surface area contributed by atoms with Crippen LogP contribution in [0.1, 0.15) is 30.9 Å². The molecule has 5 heteroatoms. The molecule has 0 aliphatic heterocycles. The van der Waals surface area contributed by atoms with Gasteiger partial charge in [0.25, 0.3) is 0 Å². The highest BCUT2D eigenvalue weighted by Crippen LogP contribution is 2.41. The van der Waals surface area contributed by atoms with Crippen LogP contribution in [-0.2, 0) is 8.59 Å². The molecule has 0 N–H and O–H groups in total. The van der Waals surface area contributed by atoms with Gasteiger partial charge in [-0.2, -0.15) is 4.99 Å². The van der Waals surface area contributed by atoms with Gasteiger partial charge in [0.2, 0.25) is 9.87 Å². The molecule has 0 amide bonds. The van der Waals surface area contributed by atoms with Crippen LogP contribution in [0.25, 0.3) is 0 Å². The van der Waals surface area contributed by atoms with Gasteiger partial charge in [-0.3, -0.25) is 0 Å². The van der Waals surface area contributed by atoms with Crippen LogP contribution in [0.4, 0.5) is 5.69 Å². The monoisotopic (exact) mass is 277 g/mol. The second-order valence-electron chi connectivity index (χ2n) is 3.63. The van der Waals surface area contributed by atoms with Gasteiger partial charge in [0, 0.05) is 5.56 Å². The normalized spacial score (nSPS) is 11.4. The molecule has 0 spiro atoms. The lowest BCUT2D eigenvalue weighted by Gasteiger charge is -2.14. The van der Waals surface area contributed by atoms with Crippen molar-refractivity contribution in [1.29, 1.82) is 0 Å². The summed E-state index contributed by atoms with van der Waals surface area (Å²) in [5.74, 6) is 0.233. The van der Waals surface area contributed by atoms with Crippen molar-refractivity contribution in [2.75, 3.05) is 0 Å². The molecule has 0 bridgehead atoms. The van der Waals surface area contributed by atoms with Crippen molar-refractivity contribution in [3.8, 4) is 0 Å². The molecular formula is C11H10Cl3NO. The van der Waals surface area contributed by atoms with Crippen molar-refractivity contribution < 1.29 is 4.79 Å². The van der Waals surface area contributed by atoms with E-state index in [1.54, 1.807) is 18.2 Å². The minimum Gasteiger partial charge on any atom is -0.211 e. The molecule has 86 valence electrons. The summed E-state index contributed by atoms with van der Waals surface area (Å²) in [5.41, 5.74) is 1.89. The number of isocyanates is 1. The van der Waals surface area contributed by atoms with E-state index in [2.05, 4.69) is 4.99 Å². The zero-order chi connectivity index (χ0) is 12.3. The smallest absolute Gasteiger partial charge is 0.211 e. The number of hydrogen-bond donors (Lipinski definition) is 0. The molecule has 0 unspecified atom stereocenters. The standard InChI is InChI=1S/C11H10Cl3NO/c1-7(2)9-4-3-8(11(12,13)14)5-10(9)15-6-16/h3-5,7H,1-2H3. The molecule has 0 fully saturated rings. The molecule has 0 radical (unpaired) electrons. The molecule has 1 aromatic rings. The van der Waals surface area contributed by atoms with E-state index >= 15 is 0 Å². The molecule has 0 heterocycles. The summed E-state index contributed by atoms with van der Waals surface area (Å²) < 4.78 is -1.51. The largest absolute Gasteiger partial charge is 0.240 e. The number of halogens is 3. The third kappa shape index (κ3) is 3.23. The lowest BCUT2D eigenvalue weighted by atomic mass is 10.00. The summed E-state index contributed by atoms with van der Waals surface area (Å²) in [4.78, 5) is 13.9. The first kappa shape index (κ1) is 13.5. The van der Waals surface area contributed by atoms with Gasteiger partial charge < -0.3 is 0 Å². The van der Waals surface area contributed by atoms with Gasteiger partial charge in [-0.1, -0.05) is 60.8 Å². The zero-order valence-electron chi connectivity index (χ0n) is 8.80. The molecule has 2 nitrogen and oxygen atoms in total. The molecule has 1 aromatic carbocycles. The van der Waals surface area contributed by atoms with E-state index < -0.39 is 3.79 Å². The second-order valence-corrected chi connectivity index (χ2v) is 5.91. The van der Waals surface area contributed by atoms with Crippen LogP contribution in [0.2, 0.25) is 0 Å². The van der Waals surface area contributed by atoms with Crippen LogP contribution in [0, 0.1) is 0 Å². The Morgan fingerprint density at radius 1 is 1.31 bits per heavy atom. The minimum atomic E-state index is -1.51. The Bertz CT molecular complexity index is 431. The van der Waals surface area contributed by atoms with Gasteiger partial charge in [0.05, 0.1) is 5.69 Å². The Hall–Kier alpha value is -0.530. The van der Waals surface area contributed by atoms with Gasteiger partial charge in [-0.05, 0) is 17.5 Å². The first-order chi connectivity index (χ1) is 7.36. The van der Waals surface area contributed by atoms with E-state index in [0.717, 1.165) is 5.56 Å². The maximum atomic E-state index is 10.3. The van der Waals surface area contributed by atoms with Gasteiger partial charge >= 0.3 is 0 Å². The topological polar surface area (TPSA) is 29.4 Å². The van der Waals surface area contributed by atoms with Gasteiger partial charge in [-0.15, -0.1) is 0 Å². The molecule has 0 aliphatic carbocycles. The molecule has 1 rings (SSSR count). The fraction of sp³-hybridized carbons (Fsp3) is 0.364. The number of benzene rings is 1. The predicted octanol–water partition coefficient (Wildman–Crippen LogP) is 4.60. The maximum absolute atomic E-state index is 10.3. The molecule has 0 saturated carbocycles. The van der Waals surface area contributed by atoms with Crippen LogP contribution in [0.5, 0.6) is 0 Å². The Kier molecular flexibility index (Phi) is 4.40. The van der Waals surface area contributed by atoms with Crippen LogP contribution < -0.4 is 0 Å². The summed E-state index contributed by atoms with van der Waals surface area (Å²) in [5, 5.41) is 0. The molecule has 0 aliphatic rings. The van der Waals surface area contributed by atoms with Crippen molar-refractivity contribution in [3.05, 3.63) is 29.3 Å². The van der Waals surface area contributed by atoms with Crippen LogP contribution in [-0.4, -0.2) is 6.08 Å². The van der Waals surface area contributed by atoms with Gasteiger partial charge in [0.1, 0.15) is 0 Å². The predicted molar refractivity (Wildman–Crippen MR) is 67.5 cm³/mol. The summed E-state index contributed by atoms with van der Waals surface area (Å²) in [7, 11) is 0. The van der Waals surface area contributed by atoms with E-state index in [1.807, 2.05) is 13.8 Å². The number of rotatable bonds is 2. The Labute approximate surface area is 109 Å². The fourth-order valence-corrected chi connectivity index (χ4v) is 1.71. The van der Waals surface area contributed by atoms with E-state index in [0.29, 0.717) is 11.3 Å². The highest BCUT2D eigenvalue weighted by molar-refractivity contribution is 6.66. The molecule has 0 atom stereocenters. The average Bonchev–Trinajstić information content (AvgIpc) is 2.16. The van der Waals surface area contributed by atoms with Crippen molar-refractivity contribution in [3.63, 3.8) is 0 Å². The second kappa shape index (κ2) is 5.20. The van der Waals surface area contributed by atoms with Crippen LogP contribution in [0.3, 0.4) is 0 Å². The number of alkyl halides is 3. The Morgan fingerprint density at radius 3 is 2.38 bits per heavy atom. The third-order valence-corrected chi connectivity index (χ3v) is 2.80. The van der Waals surface area contributed by atoms with E-state index in [1.165, 1.54) is 6.08 Å².